The smallest absolute Gasteiger partial charge is 0.311 e. The van der Waals surface area contributed by atoms with Gasteiger partial charge in [-0.2, -0.15) is 5.26 Å². The van der Waals surface area contributed by atoms with Crippen molar-refractivity contribution in [2.75, 3.05) is 19.6 Å². The van der Waals surface area contributed by atoms with Gasteiger partial charge in [-0.3, -0.25) is 9.36 Å². The van der Waals surface area contributed by atoms with Crippen LogP contribution in [0.2, 0.25) is 0 Å². The number of aromatic nitrogens is 2. The summed E-state index contributed by atoms with van der Waals surface area (Å²) >= 11 is 0. The van der Waals surface area contributed by atoms with Gasteiger partial charge in [0.15, 0.2) is 0 Å². The fourth-order valence-corrected chi connectivity index (χ4v) is 2.45. The second-order valence-corrected chi connectivity index (χ2v) is 5.02. The molecule has 1 aliphatic rings. The van der Waals surface area contributed by atoms with Crippen molar-refractivity contribution in [3.8, 4) is 6.07 Å². The second kappa shape index (κ2) is 5.85. The van der Waals surface area contributed by atoms with E-state index in [-0.39, 0.29) is 17.2 Å². The van der Waals surface area contributed by atoms with Crippen LogP contribution < -0.4 is 11.2 Å². The molecule has 6 heteroatoms. The second-order valence-electron chi connectivity index (χ2n) is 5.02. The molecular formula is C13H18N4O2. The zero-order valence-electron chi connectivity index (χ0n) is 11.1. The number of piperidine rings is 1. The van der Waals surface area contributed by atoms with Crippen LogP contribution in [0.4, 0.5) is 0 Å². The van der Waals surface area contributed by atoms with Gasteiger partial charge in [0.1, 0.15) is 0 Å². The third kappa shape index (κ3) is 3.32. The highest BCUT2D eigenvalue weighted by molar-refractivity contribution is 4.96. The standard InChI is InChI=1S/C13H18N4O2/c1-10-7-12(18)17(13(19)15-10)6-5-16-4-2-3-11(8-14)9-16/h7,11H,2-6,9H2,1H3,(H,15,19)/t11-/m1/s1. The van der Waals surface area contributed by atoms with Gasteiger partial charge in [0.05, 0.1) is 12.0 Å². The van der Waals surface area contributed by atoms with Gasteiger partial charge >= 0.3 is 5.69 Å². The van der Waals surface area contributed by atoms with E-state index in [0.29, 0.717) is 18.8 Å². The van der Waals surface area contributed by atoms with Gasteiger partial charge < -0.3 is 9.88 Å². The molecule has 0 bridgehead atoms. The number of nitriles is 1. The predicted molar refractivity (Wildman–Crippen MR) is 70.8 cm³/mol. The summed E-state index contributed by atoms with van der Waals surface area (Å²) in [5, 5.41) is 8.93. The zero-order chi connectivity index (χ0) is 13.8. The van der Waals surface area contributed by atoms with E-state index in [1.807, 2.05) is 0 Å². The third-order valence-corrected chi connectivity index (χ3v) is 3.48. The highest BCUT2D eigenvalue weighted by Crippen LogP contribution is 2.14. The summed E-state index contributed by atoms with van der Waals surface area (Å²) in [6, 6.07) is 3.71. The average Bonchev–Trinajstić information content (AvgIpc) is 2.37. The first-order valence-electron chi connectivity index (χ1n) is 6.53. The number of nitrogens with one attached hydrogen (secondary N) is 1. The van der Waals surface area contributed by atoms with Crippen LogP contribution in [0, 0.1) is 24.2 Å². The van der Waals surface area contributed by atoms with Gasteiger partial charge in [-0.05, 0) is 26.3 Å². The molecule has 0 amide bonds. The van der Waals surface area contributed by atoms with Crippen molar-refractivity contribution in [1.82, 2.24) is 14.5 Å². The van der Waals surface area contributed by atoms with Crippen molar-refractivity contribution in [3.05, 3.63) is 32.6 Å². The first-order chi connectivity index (χ1) is 9.10. The minimum Gasteiger partial charge on any atom is -0.311 e. The maximum absolute atomic E-state index is 11.7. The molecule has 1 atom stereocenters. The molecule has 0 unspecified atom stereocenters. The quantitative estimate of drug-likeness (QED) is 0.836. The van der Waals surface area contributed by atoms with Crippen molar-refractivity contribution in [2.24, 2.45) is 5.92 Å². The van der Waals surface area contributed by atoms with Crippen LogP contribution in [0.5, 0.6) is 0 Å². The molecule has 0 aliphatic carbocycles. The molecule has 1 aromatic rings. The minimum absolute atomic E-state index is 0.0711. The van der Waals surface area contributed by atoms with Crippen LogP contribution >= 0.6 is 0 Å². The average molecular weight is 262 g/mol. The fraction of sp³-hybridized carbons (Fsp3) is 0.615. The number of aromatic amines is 1. The Morgan fingerprint density at radius 2 is 2.26 bits per heavy atom. The Morgan fingerprint density at radius 1 is 1.47 bits per heavy atom. The normalized spacial score (nSPS) is 20.1. The van der Waals surface area contributed by atoms with Crippen LogP contribution in [-0.4, -0.2) is 34.1 Å². The molecule has 0 spiro atoms. The van der Waals surface area contributed by atoms with Gasteiger partial charge in [0.2, 0.25) is 0 Å². The van der Waals surface area contributed by atoms with E-state index in [1.54, 1.807) is 6.92 Å². The number of aryl methyl sites for hydroxylation is 1. The van der Waals surface area contributed by atoms with Crippen LogP contribution in [0.3, 0.4) is 0 Å². The van der Waals surface area contributed by atoms with E-state index < -0.39 is 0 Å². The first-order valence-corrected chi connectivity index (χ1v) is 6.53. The summed E-state index contributed by atoms with van der Waals surface area (Å²) in [4.78, 5) is 28.2. The molecule has 0 aromatic carbocycles. The van der Waals surface area contributed by atoms with Crippen LogP contribution in [-0.2, 0) is 6.54 Å². The Bertz CT molecular complexity index is 565. The summed E-state index contributed by atoms with van der Waals surface area (Å²) in [6.07, 6.45) is 1.94. The number of hydrogen-bond acceptors (Lipinski definition) is 4. The van der Waals surface area contributed by atoms with Crippen molar-refractivity contribution < 1.29 is 0 Å². The minimum atomic E-state index is -0.362. The number of hydrogen-bond donors (Lipinski definition) is 1. The Kier molecular flexibility index (Phi) is 4.17. The van der Waals surface area contributed by atoms with Crippen molar-refractivity contribution in [2.45, 2.75) is 26.3 Å². The summed E-state index contributed by atoms with van der Waals surface area (Å²) in [5.41, 5.74) is -0.0531. The highest BCUT2D eigenvalue weighted by Gasteiger charge is 2.19. The van der Waals surface area contributed by atoms with Gasteiger partial charge in [0.25, 0.3) is 5.56 Å². The van der Waals surface area contributed by atoms with Crippen molar-refractivity contribution in [3.63, 3.8) is 0 Å². The molecule has 6 nitrogen and oxygen atoms in total. The van der Waals surface area contributed by atoms with Gasteiger partial charge in [-0.25, -0.2) is 4.79 Å². The van der Waals surface area contributed by atoms with E-state index in [2.05, 4.69) is 16.0 Å². The molecule has 2 rings (SSSR count). The molecule has 1 aliphatic heterocycles. The lowest BCUT2D eigenvalue weighted by Crippen LogP contribution is -2.42. The van der Waals surface area contributed by atoms with E-state index in [4.69, 9.17) is 5.26 Å². The fourth-order valence-electron chi connectivity index (χ4n) is 2.45. The SMILES string of the molecule is Cc1cc(=O)n(CCN2CCC[C@H](C#N)C2)c(=O)[nH]1. The van der Waals surface area contributed by atoms with Crippen molar-refractivity contribution >= 4 is 0 Å². The summed E-state index contributed by atoms with van der Waals surface area (Å²) < 4.78 is 1.21. The lowest BCUT2D eigenvalue weighted by molar-refractivity contribution is 0.191. The van der Waals surface area contributed by atoms with Gasteiger partial charge in [-0.1, -0.05) is 0 Å². The molecule has 1 N–H and O–H groups in total. The van der Waals surface area contributed by atoms with E-state index >= 15 is 0 Å². The molecular weight excluding hydrogens is 244 g/mol. The van der Waals surface area contributed by atoms with E-state index in [0.717, 1.165) is 25.9 Å². The summed E-state index contributed by atoms with van der Waals surface area (Å²) in [6.45, 7) is 4.35. The number of nitrogens with zero attached hydrogens (tertiary/aromatic N) is 3. The molecule has 1 aromatic heterocycles. The number of likely N-dealkylation sites (tertiary alicyclic amines) is 1. The summed E-state index contributed by atoms with van der Waals surface area (Å²) in [5.74, 6) is 0.0711. The molecule has 19 heavy (non-hydrogen) atoms. The Labute approximate surface area is 111 Å². The highest BCUT2D eigenvalue weighted by atomic mass is 16.2. The van der Waals surface area contributed by atoms with Crippen LogP contribution in [0.25, 0.3) is 0 Å². The zero-order valence-corrected chi connectivity index (χ0v) is 11.1. The van der Waals surface area contributed by atoms with Crippen LogP contribution in [0.15, 0.2) is 15.7 Å². The molecule has 0 saturated carbocycles. The van der Waals surface area contributed by atoms with Gasteiger partial charge in [-0.15, -0.1) is 0 Å². The van der Waals surface area contributed by atoms with E-state index in [9.17, 15) is 9.59 Å². The van der Waals surface area contributed by atoms with Gasteiger partial charge in [0, 0.05) is 31.4 Å². The Morgan fingerprint density at radius 3 is 2.95 bits per heavy atom. The summed E-state index contributed by atoms with van der Waals surface area (Å²) in [7, 11) is 0. The monoisotopic (exact) mass is 262 g/mol. The maximum atomic E-state index is 11.7. The largest absolute Gasteiger partial charge is 0.328 e. The third-order valence-electron chi connectivity index (χ3n) is 3.48. The van der Waals surface area contributed by atoms with Crippen LogP contribution in [0.1, 0.15) is 18.5 Å². The first kappa shape index (κ1) is 13.6. The maximum Gasteiger partial charge on any atom is 0.328 e. The Balaban J connectivity index is 2.02. The molecule has 2 heterocycles. The molecule has 0 radical (unpaired) electrons. The lowest BCUT2D eigenvalue weighted by Gasteiger charge is -2.29. The topological polar surface area (TPSA) is 81.9 Å². The molecule has 1 fully saturated rings. The molecule has 102 valence electrons. The lowest BCUT2D eigenvalue weighted by atomic mass is 10.00. The van der Waals surface area contributed by atoms with Crippen molar-refractivity contribution in [1.29, 1.82) is 5.26 Å². The number of rotatable bonds is 3. The number of H-pyrrole nitrogens is 1. The van der Waals surface area contributed by atoms with E-state index in [1.165, 1.54) is 10.6 Å². The predicted octanol–water partition coefficient (Wildman–Crippen LogP) is 0.0806. The Hall–Kier alpha value is -1.87. The molecule has 1 saturated heterocycles.